The van der Waals surface area contributed by atoms with Gasteiger partial charge in [-0.2, -0.15) is 0 Å². The van der Waals surface area contributed by atoms with Gasteiger partial charge in [-0.05, 0) is 50.1 Å². The number of aromatic nitrogens is 2. The second-order valence-electron chi connectivity index (χ2n) is 7.60. The molecular weight excluding hydrogens is 448 g/mol. The van der Waals surface area contributed by atoms with Gasteiger partial charge < -0.3 is 15.0 Å². The molecule has 32 heavy (non-hydrogen) atoms. The number of halogens is 1. The van der Waals surface area contributed by atoms with Gasteiger partial charge in [0.05, 0.1) is 23.7 Å². The van der Waals surface area contributed by atoms with Gasteiger partial charge >= 0.3 is 0 Å². The molecule has 1 fully saturated rings. The SMILES string of the molecule is COc1ccc(NC(=O)C2CCCN(C(=O)c3sc(-c4cccnc4)nc3C)C2)cc1Cl. The highest BCUT2D eigenvalue weighted by molar-refractivity contribution is 7.17. The minimum absolute atomic E-state index is 0.0832. The number of anilines is 1. The highest BCUT2D eigenvalue weighted by atomic mass is 35.5. The first-order valence-electron chi connectivity index (χ1n) is 10.3. The summed E-state index contributed by atoms with van der Waals surface area (Å²) in [6.07, 6.45) is 4.93. The number of benzene rings is 1. The van der Waals surface area contributed by atoms with Crippen LogP contribution in [0.5, 0.6) is 5.75 Å². The molecule has 0 aliphatic carbocycles. The molecule has 0 radical (unpaired) electrons. The molecule has 0 bridgehead atoms. The summed E-state index contributed by atoms with van der Waals surface area (Å²) in [7, 11) is 1.54. The molecule has 3 aromatic rings. The fourth-order valence-electron chi connectivity index (χ4n) is 3.72. The maximum absolute atomic E-state index is 13.2. The third-order valence-electron chi connectivity index (χ3n) is 5.40. The van der Waals surface area contributed by atoms with Crippen LogP contribution in [0.3, 0.4) is 0 Å². The fraction of sp³-hybridized carbons (Fsp3) is 0.304. The highest BCUT2D eigenvalue weighted by Crippen LogP contribution is 2.30. The molecule has 9 heteroatoms. The van der Waals surface area contributed by atoms with Crippen molar-refractivity contribution < 1.29 is 14.3 Å². The first-order valence-corrected chi connectivity index (χ1v) is 11.5. The van der Waals surface area contributed by atoms with Crippen molar-refractivity contribution in [3.63, 3.8) is 0 Å². The lowest BCUT2D eigenvalue weighted by atomic mass is 9.96. The first-order chi connectivity index (χ1) is 15.5. The molecule has 1 aliphatic rings. The summed E-state index contributed by atoms with van der Waals surface area (Å²) < 4.78 is 5.15. The van der Waals surface area contributed by atoms with Crippen LogP contribution in [0.4, 0.5) is 5.69 Å². The number of carbonyl (C=O) groups is 2. The van der Waals surface area contributed by atoms with E-state index in [-0.39, 0.29) is 17.7 Å². The van der Waals surface area contributed by atoms with Gasteiger partial charge in [-0.25, -0.2) is 4.98 Å². The summed E-state index contributed by atoms with van der Waals surface area (Å²) in [6.45, 7) is 2.83. The molecule has 0 saturated carbocycles. The first kappa shape index (κ1) is 22.2. The van der Waals surface area contributed by atoms with E-state index < -0.39 is 0 Å². The van der Waals surface area contributed by atoms with Crippen LogP contribution in [0.2, 0.25) is 5.02 Å². The number of hydrogen-bond donors (Lipinski definition) is 1. The summed E-state index contributed by atoms with van der Waals surface area (Å²) in [5.74, 6) is 0.0465. The van der Waals surface area contributed by atoms with E-state index in [0.717, 1.165) is 23.4 Å². The van der Waals surface area contributed by atoms with Crippen LogP contribution in [0.15, 0.2) is 42.7 Å². The van der Waals surface area contributed by atoms with Crippen LogP contribution in [0.25, 0.3) is 10.6 Å². The predicted molar refractivity (Wildman–Crippen MR) is 125 cm³/mol. The molecule has 1 aliphatic heterocycles. The number of ether oxygens (including phenoxy) is 1. The van der Waals surface area contributed by atoms with Crippen LogP contribution in [0.1, 0.15) is 28.2 Å². The maximum atomic E-state index is 13.2. The number of rotatable bonds is 5. The van der Waals surface area contributed by atoms with Gasteiger partial charge in [0.15, 0.2) is 0 Å². The molecule has 1 N–H and O–H groups in total. The minimum atomic E-state index is -0.292. The van der Waals surface area contributed by atoms with Gasteiger partial charge in [-0.3, -0.25) is 14.6 Å². The average Bonchev–Trinajstić information content (AvgIpc) is 3.21. The van der Waals surface area contributed by atoms with Gasteiger partial charge in [0.2, 0.25) is 5.91 Å². The van der Waals surface area contributed by atoms with Crippen molar-refractivity contribution in [1.82, 2.24) is 14.9 Å². The van der Waals surface area contributed by atoms with E-state index in [2.05, 4.69) is 15.3 Å². The molecular formula is C23H23ClN4O3S. The lowest BCUT2D eigenvalue weighted by Crippen LogP contribution is -2.43. The Morgan fingerprint density at radius 1 is 1.31 bits per heavy atom. The van der Waals surface area contributed by atoms with E-state index in [1.807, 2.05) is 19.1 Å². The number of aryl methyl sites for hydroxylation is 1. The summed E-state index contributed by atoms with van der Waals surface area (Å²) in [6, 6.07) is 8.88. The van der Waals surface area contributed by atoms with Crippen LogP contribution in [0, 0.1) is 12.8 Å². The molecule has 1 unspecified atom stereocenters. The van der Waals surface area contributed by atoms with Crippen LogP contribution >= 0.6 is 22.9 Å². The number of nitrogens with one attached hydrogen (secondary N) is 1. The molecule has 2 amide bonds. The van der Waals surface area contributed by atoms with Crippen molar-refractivity contribution in [2.24, 2.45) is 5.92 Å². The van der Waals surface area contributed by atoms with Crippen molar-refractivity contribution >= 4 is 40.4 Å². The monoisotopic (exact) mass is 470 g/mol. The molecule has 7 nitrogen and oxygen atoms in total. The van der Waals surface area contributed by atoms with Gasteiger partial charge in [0, 0.05) is 36.7 Å². The summed E-state index contributed by atoms with van der Waals surface area (Å²) in [5, 5.41) is 4.10. The Kier molecular flexibility index (Phi) is 6.72. The smallest absolute Gasteiger partial charge is 0.265 e. The average molecular weight is 471 g/mol. The Bertz CT molecular complexity index is 1140. The van der Waals surface area contributed by atoms with Crippen LogP contribution < -0.4 is 10.1 Å². The number of thiazole rings is 1. The molecule has 3 heterocycles. The van der Waals surface area contributed by atoms with Crippen LogP contribution in [-0.4, -0.2) is 46.9 Å². The maximum Gasteiger partial charge on any atom is 0.265 e. The Labute approximate surface area is 195 Å². The standard InChI is InChI=1S/C23H23ClN4O3S/c1-14-20(32-22(26-14)15-5-3-9-25-12-15)23(30)28-10-4-6-16(13-28)21(29)27-17-7-8-19(31-2)18(24)11-17/h3,5,7-9,11-12,16H,4,6,10,13H2,1-2H3,(H,27,29). The lowest BCUT2D eigenvalue weighted by molar-refractivity contribution is -0.121. The van der Waals surface area contributed by atoms with E-state index in [1.165, 1.54) is 18.4 Å². The molecule has 166 valence electrons. The van der Waals surface area contributed by atoms with Crippen LogP contribution in [-0.2, 0) is 4.79 Å². The van der Waals surface area contributed by atoms with Crippen molar-refractivity contribution in [3.8, 4) is 16.3 Å². The van der Waals surface area contributed by atoms with Gasteiger partial charge in [0.1, 0.15) is 15.6 Å². The van der Waals surface area contributed by atoms with E-state index in [0.29, 0.717) is 40.1 Å². The largest absolute Gasteiger partial charge is 0.495 e. The van der Waals surface area contributed by atoms with E-state index in [4.69, 9.17) is 16.3 Å². The number of carbonyl (C=O) groups excluding carboxylic acids is 2. The van der Waals surface area contributed by atoms with Gasteiger partial charge in [-0.1, -0.05) is 11.6 Å². The highest BCUT2D eigenvalue weighted by Gasteiger charge is 2.31. The second-order valence-corrected chi connectivity index (χ2v) is 9.01. The number of pyridine rings is 1. The number of methoxy groups -OCH3 is 1. The van der Waals surface area contributed by atoms with Gasteiger partial charge in [-0.15, -0.1) is 11.3 Å². The molecule has 1 atom stereocenters. The zero-order chi connectivity index (χ0) is 22.7. The fourth-order valence-corrected chi connectivity index (χ4v) is 5.00. The van der Waals surface area contributed by atoms with Crippen molar-refractivity contribution in [2.75, 3.05) is 25.5 Å². The van der Waals surface area contributed by atoms with Crippen molar-refractivity contribution in [3.05, 3.63) is 58.3 Å². The van der Waals surface area contributed by atoms with Gasteiger partial charge in [0.25, 0.3) is 5.91 Å². The summed E-state index contributed by atoms with van der Waals surface area (Å²) in [4.78, 5) is 37.1. The topological polar surface area (TPSA) is 84.4 Å². The number of piperidine rings is 1. The lowest BCUT2D eigenvalue weighted by Gasteiger charge is -2.31. The van der Waals surface area contributed by atoms with E-state index in [1.54, 1.807) is 35.5 Å². The van der Waals surface area contributed by atoms with Crippen molar-refractivity contribution in [1.29, 1.82) is 0 Å². The van der Waals surface area contributed by atoms with E-state index >= 15 is 0 Å². The Balaban J connectivity index is 1.44. The molecule has 1 aromatic carbocycles. The molecule has 2 aromatic heterocycles. The Hall–Kier alpha value is -2.97. The minimum Gasteiger partial charge on any atom is -0.495 e. The quantitative estimate of drug-likeness (QED) is 0.586. The third kappa shape index (κ3) is 4.76. The number of likely N-dealkylation sites (tertiary alicyclic amines) is 1. The summed E-state index contributed by atoms with van der Waals surface area (Å²) >= 11 is 7.52. The van der Waals surface area contributed by atoms with Crippen molar-refractivity contribution in [2.45, 2.75) is 19.8 Å². The number of amides is 2. The second kappa shape index (κ2) is 9.67. The zero-order valence-corrected chi connectivity index (χ0v) is 19.4. The molecule has 4 rings (SSSR count). The Morgan fingerprint density at radius 2 is 2.16 bits per heavy atom. The third-order valence-corrected chi connectivity index (χ3v) is 6.89. The predicted octanol–water partition coefficient (Wildman–Crippen LogP) is 4.67. The zero-order valence-electron chi connectivity index (χ0n) is 17.8. The Morgan fingerprint density at radius 3 is 2.88 bits per heavy atom. The normalized spacial score (nSPS) is 16.0. The number of hydrogen-bond acceptors (Lipinski definition) is 6. The molecule has 0 spiro atoms. The molecule has 1 saturated heterocycles. The summed E-state index contributed by atoms with van der Waals surface area (Å²) in [5.41, 5.74) is 2.18. The van der Waals surface area contributed by atoms with E-state index in [9.17, 15) is 9.59 Å². The number of nitrogens with zero attached hydrogens (tertiary/aromatic N) is 3.